The molecule has 0 fully saturated rings. The summed E-state index contributed by atoms with van der Waals surface area (Å²) in [5, 5.41) is 4.17. The van der Waals surface area contributed by atoms with E-state index < -0.39 is 6.10 Å². The standard InChI is InChI=1S/C23H22ClN3O3S/c1-29-21(14-6-4-3-5-7-14)22(28)26-13-17-11-16-10-15(12-18(24)20(16)30-17)19-8-9-25-23(27-19)31-2/h3-10,12,17,21H,11,13H2,1-2H3,(H,26,28). The van der Waals surface area contributed by atoms with E-state index in [1.165, 1.54) is 18.9 Å². The molecule has 3 aromatic rings. The molecule has 160 valence electrons. The highest BCUT2D eigenvalue weighted by Gasteiger charge is 2.28. The van der Waals surface area contributed by atoms with Crippen molar-refractivity contribution in [3.05, 3.63) is 70.9 Å². The van der Waals surface area contributed by atoms with Crippen LogP contribution in [0, 0.1) is 0 Å². The fourth-order valence-corrected chi connectivity index (χ4v) is 4.22. The third kappa shape index (κ3) is 4.84. The third-order valence-corrected chi connectivity index (χ3v) is 5.89. The minimum atomic E-state index is -0.663. The number of carbonyl (C=O) groups excluding carboxylic acids is 1. The first-order valence-electron chi connectivity index (χ1n) is 9.81. The molecule has 1 aliphatic rings. The summed E-state index contributed by atoms with van der Waals surface area (Å²) in [6, 6.07) is 15.1. The first-order valence-corrected chi connectivity index (χ1v) is 11.4. The van der Waals surface area contributed by atoms with Gasteiger partial charge in [-0.25, -0.2) is 9.97 Å². The highest BCUT2D eigenvalue weighted by atomic mass is 35.5. The molecule has 0 radical (unpaired) electrons. The van der Waals surface area contributed by atoms with Crippen LogP contribution in [0.15, 0.2) is 59.9 Å². The molecular weight excluding hydrogens is 434 g/mol. The number of methoxy groups -OCH3 is 1. The Morgan fingerprint density at radius 3 is 2.87 bits per heavy atom. The minimum Gasteiger partial charge on any atom is -0.486 e. The van der Waals surface area contributed by atoms with Crippen LogP contribution < -0.4 is 10.1 Å². The highest BCUT2D eigenvalue weighted by Crippen LogP contribution is 2.39. The first-order chi connectivity index (χ1) is 15.1. The van der Waals surface area contributed by atoms with Crippen molar-refractivity contribution < 1.29 is 14.3 Å². The maximum Gasteiger partial charge on any atom is 0.253 e. The number of fused-ring (bicyclic) bond motifs is 1. The molecule has 2 atom stereocenters. The molecule has 1 aliphatic heterocycles. The van der Waals surface area contributed by atoms with E-state index in [4.69, 9.17) is 21.1 Å². The molecule has 2 unspecified atom stereocenters. The number of aromatic nitrogens is 2. The Bertz CT molecular complexity index is 1080. The molecule has 6 nitrogen and oxygen atoms in total. The number of benzene rings is 2. The molecule has 0 bridgehead atoms. The van der Waals surface area contributed by atoms with Crippen molar-refractivity contribution in [1.29, 1.82) is 0 Å². The van der Waals surface area contributed by atoms with Crippen LogP contribution in [0.5, 0.6) is 5.75 Å². The summed E-state index contributed by atoms with van der Waals surface area (Å²) >= 11 is 7.99. The Morgan fingerprint density at radius 2 is 2.13 bits per heavy atom. The van der Waals surface area contributed by atoms with E-state index in [9.17, 15) is 4.79 Å². The predicted octanol–water partition coefficient (Wildman–Crippen LogP) is 4.33. The van der Waals surface area contributed by atoms with Crippen molar-refractivity contribution in [2.75, 3.05) is 19.9 Å². The maximum absolute atomic E-state index is 12.6. The second-order valence-corrected chi connectivity index (χ2v) is 8.27. The zero-order chi connectivity index (χ0) is 21.8. The van der Waals surface area contributed by atoms with Gasteiger partial charge in [0, 0.05) is 30.9 Å². The number of amides is 1. The Labute approximate surface area is 190 Å². The Hall–Kier alpha value is -2.61. The molecule has 0 saturated heterocycles. The van der Waals surface area contributed by atoms with Crippen molar-refractivity contribution in [1.82, 2.24) is 15.3 Å². The van der Waals surface area contributed by atoms with Crippen molar-refractivity contribution >= 4 is 29.3 Å². The van der Waals surface area contributed by atoms with Crippen LogP contribution in [0.3, 0.4) is 0 Å². The lowest BCUT2D eigenvalue weighted by molar-refractivity contribution is -0.131. The quantitative estimate of drug-likeness (QED) is 0.422. The monoisotopic (exact) mass is 455 g/mol. The second-order valence-electron chi connectivity index (χ2n) is 7.09. The molecule has 0 spiro atoms. The van der Waals surface area contributed by atoms with Gasteiger partial charge in [0.05, 0.1) is 17.3 Å². The smallest absolute Gasteiger partial charge is 0.253 e. The predicted molar refractivity (Wildman–Crippen MR) is 122 cm³/mol. The first kappa shape index (κ1) is 21.6. The number of hydrogen-bond donors (Lipinski definition) is 1. The van der Waals surface area contributed by atoms with Gasteiger partial charge in [0.1, 0.15) is 11.9 Å². The van der Waals surface area contributed by atoms with Crippen molar-refractivity contribution in [3.8, 4) is 17.0 Å². The SMILES string of the molecule is COC(C(=O)NCC1Cc2cc(-c3ccnc(SC)n3)cc(Cl)c2O1)c1ccccc1. The average molecular weight is 456 g/mol. The molecule has 8 heteroatoms. The van der Waals surface area contributed by atoms with Gasteiger partial charge in [-0.3, -0.25) is 4.79 Å². The van der Waals surface area contributed by atoms with Crippen LogP contribution in [-0.2, 0) is 16.0 Å². The van der Waals surface area contributed by atoms with Gasteiger partial charge in [-0.05, 0) is 30.0 Å². The van der Waals surface area contributed by atoms with Crippen LogP contribution in [0.2, 0.25) is 5.02 Å². The minimum absolute atomic E-state index is 0.202. The Morgan fingerprint density at radius 1 is 1.32 bits per heavy atom. The van der Waals surface area contributed by atoms with E-state index in [2.05, 4.69) is 15.3 Å². The van der Waals surface area contributed by atoms with Crippen molar-refractivity contribution in [2.45, 2.75) is 23.8 Å². The number of halogens is 1. The van der Waals surface area contributed by atoms with Crippen LogP contribution >= 0.6 is 23.4 Å². The highest BCUT2D eigenvalue weighted by molar-refractivity contribution is 7.98. The van der Waals surface area contributed by atoms with E-state index in [0.29, 0.717) is 28.9 Å². The van der Waals surface area contributed by atoms with Crippen LogP contribution in [0.25, 0.3) is 11.3 Å². The number of ether oxygens (including phenoxy) is 2. The molecule has 4 rings (SSSR count). The van der Waals surface area contributed by atoms with E-state index in [0.717, 1.165) is 22.4 Å². The average Bonchev–Trinajstić information content (AvgIpc) is 3.23. The molecular formula is C23H22ClN3O3S. The zero-order valence-electron chi connectivity index (χ0n) is 17.2. The molecule has 0 saturated carbocycles. The number of hydrogen-bond acceptors (Lipinski definition) is 6. The fraction of sp³-hybridized carbons (Fsp3) is 0.261. The lowest BCUT2D eigenvalue weighted by Crippen LogP contribution is -2.37. The Balaban J connectivity index is 1.44. The third-order valence-electron chi connectivity index (χ3n) is 5.04. The number of nitrogens with one attached hydrogen (secondary N) is 1. The summed E-state index contributed by atoms with van der Waals surface area (Å²) < 4.78 is 11.4. The molecule has 1 amide bonds. The van der Waals surface area contributed by atoms with Crippen LogP contribution in [0.4, 0.5) is 0 Å². The summed E-state index contributed by atoms with van der Waals surface area (Å²) in [7, 11) is 1.52. The molecule has 31 heavy (non-hydrogen) atoms. The zero-order valence-corrected chi connectivity index (χ0v) is 18.7. The maximum atomic E-state index is 12.6. The largest absolute Gasteiger partial charge is 0.486 e. The molecule has 2 aromatic carbocycles. The van der Waals surface area contributed by atoms with Gasteiger partial charge in [-0.1, -0.05) is 53.7 Å². The van der Waals surface area contributed by atoms with Gasteiger partial charge >= 0.3 is 0 Å². The van der Waals surface area contributed by atoms with Gasteiger partial charge in [0.15, 0.2) is 11.3 Å². The van der Waals surface area contributed by atoms with E-state index >= 15 is 0 Å². The summed E-state index contributed by atoms with van der Waals surface area (Å²) in [6.45, 7) is 0.357. The van der Waals surface area contributed by atoms with Crippen LogP contribution in [0.1, 0.15) is 17.2 Å². The number of rotatable bonds is 7. The second kappa shape index (κ2) is 9.68. The summed E-state index contributed by atoms with van der Waals surface area (Å²) in [4.78, 5) is 21.4. The van der Waals surface area contributed by atoms with Crippen molar-refractivity contribution in [3.63, 3.8) is 0 Å². The Kier molecular flexibility index (Phi) is 6.75. The summed E-state index contributed by atoms with van der Waals surface area (Å²) in [6.07, 6.45) is 3.46. The molecule has 2 heterocycles. The fourth-order valence-electron chi connectivity index (χ4n) is 3.58. The molecule has 1 aromatic heterocycles. The van der Waals surface area contributed by atoms with Gasteiger partial charge < -0.3 is 14.8 Å². The lowest BCUT2D eigenvalue weighted by Gasteiger charge is -2.17. The summed E-state index contributed by atoms with van der Waals surface area (Å²) in [5.74, 6) is 0.459. The number of thioether (sulfide) groups is 1. The molecule has 1 N–H and O–H groups in total. The lowest BCUT2D eigenvalue weighted by atomic mass is 10.0. The molecule has 0 aliphatic carbocycles. The number of nitrogens with zero attached hydrogens (tertiary/aromatic N) is 2. The normalized spacial score (nSPS) is 15.8. The van der Waals surface area contributed by atoms with E-state index in [1.54, 1.807) is 6.20 Å². The van der Waals surface area contributed by atoms with E-state index in [-0.39, 0.29) is 12.0 Å². The van der Waals surface area contributed by atoms with Crippen LogP contribution in [-0.4, -0.2) is 41.9 Å². The van der Waals surface area contributed by atoms with E-state index in [1.807, 2.05) is 54.8 Å². The van der Waals surface area contributed by atoms with Gasteiger partial charge in [-0.15, -0.1) is 0 Å². The van der Waals surface area contributed by atoms with Gasteiger partial charge in [0.2, 0.25) is 0 Å². The van der Waals surface area contributed by atoms with Crippen molar-refractivity contribution in [2.24, 2.45) is 0 Å². The number of carbonyl (C=O) groups is 1. The van der Waals surface area contributed by atoms with Gasteiger partial charge in [-0.2, -0.15) is 0 Å². The van der Waals surface area contributed by atoms with Gasteiger partial charge in [0.25, 0.3) is 5.91 Å². The summed E-state index contributed by atoms with van der Waals surface area (Å²) in [5.41, 5.74) is 3.53. The topological polar surface area (TPSA) is 73.3 Å².